The Morgan fingerprint density at radius 3 is 2.38 bits per heavy atom. The molecule has 0 saturated carbocycles. The lowest BCUT2D eigenvalue weighted by molar-refractivity contribution is 0.0635. The number of amides is 1. The molecule has 1 heterocycles. The highest BCUT2D eigenvalue weighted by Crippen LogP contribution is 2.22. The van der Waals surface area contributed by atoms with Crippen LogP contribution in [0.4, 0.5) is 16.2 Å². The van der Waals surface area contributed by atoms with E-state index in [4.69, 9.17) is 4.74 Å². The summed E-state index contributed by atoms with van der Waals surface area (Å²) in [7, 11) is 0. The molecule has 5 heteroatoms. The fraction of sp³-hybridized carbons (Fsp3) is 0.458. The van der Waals surface area contributed by atoms with Gasteiger partial charge >= 0.3 is 6.09 Å². The normalized spacial score (nSPS) is 15.7. The van der Waals surface area contributed by atoms with Crippen molar-refractivity contribution in [1.29, 1.82) is 0 Å². The summed E-state index contributed by atoms with van der Waals surface area (Å²) in [6, 6.07) is 17.1. The van der Waals surface area contributed by atoms with Crippen molar-refractivity contribution in [2.45, 2.75) is 58.7 Å². The van der Waals surface area contributed by atoms with Gasteiger partial charge in [0.15, 0.2) is 0 Å². The van der Waals surface area contributed by atoms with E-state index >= 15 is 0 Å². The lowest BCUT2D eigenvalue weighted by atomic mass is 10.0. The van der Waals surface area contributed by atoms with Crippen LogP contribution in [0.1, 0.15) is 44.7 Å². The van der Waals surface area contributed by atoms with Crippen LogP contribution in [0.3, 0.4) is 0 Å². The highest BCUT2D eigenvalue weighted by Gasteiger charge is 2.21. The molecule has 156 valence electrons. The van der Waals surface area contributed by atoms with Gasteiger partial charge in [0.25, 0.3) is 0 Å². The lowest BCUT2D eigenvalue weighted by Gasteiger charge is -2.33. The summed E-state index contributed by atoms with van der Waals surface area (Å²) >= 11 is 0. The zero-order valence-electron chi connectivity index (χ0n) is 18.0. The fourth-order valence-electron chi connectivity index (χ4n) is 3.56. The molecule has 2 N–H and O–H groups in total. The van der Waals surface area contributed by atoms with Gasteiger partial charge in [0.1, 0.15) is 5.60 Å². The van der Waals surface area contributed by atoms with Gasteiger partial charge in [-0.05, 0) is 64.3 Å². The summed E-state index contributed by atoms with van der Waals surface area (Å²) in [6.45, 7) is 10.6. The van der Waals surface area contributed by atoms with Crippen LogP contribution in [-0.4, -0.2) is 35.7 Å². The number of anilines is 2. The minimum absolute atomic E-state index is 0.411. The number of hydrogen-bond donors (Lipinski definition) is 2. The van der Waals surface area contributed by atoms with Crippen molar-refractivity contribution in [2.24, 2.45) is 0 Å². The second-order valence-corrected chi connectivity index (χ2v) is 8.84. The van der Waals surface area contributed by atoms with Crippen molar-refractivity contribution in [3.05, 3.63) is 59.7 Å². The van der Waals surface area contributed by atoms with Gasteiger partial charge in [-0.15, -0.1) is 0 Å². The van der Waals surface area contributed by atoms with E-state index in [9.17, 15) is 4.79 Å². The van der Waals surface area contributed by atoms with E-state index in [1.165, 1.54) is 11.3 Å². The van der Waals surface area contributed by atoms with Gasteiger partial charge in [-0.3, -0.25) is 10.2 Å². The smallest absolute Gasteiger partial charge is 0.412 e. The second kappa shape index (κ2) is 9.31. The molecular weight excluding hydrogens is 362 g/mol. The Labute approximate surface area is 174 Å². The molecule has 0 spiro atoms. The van der Waals surface area contributed by atoms with E-state index in [2.05, 4.69) is 52.8 Å². The van der Waals surface area contributed by atoms with E-state index in [0.717, 1.165) is 43.7 Å². The van der Waals surface area contributed by atoms with E-state index < -0.39 is 11.7 Å². The van der Waals surface area contributed by atoms with E-state index in [1.807, 2.05) is 39.0 Å². The molecule has 0 aromatic heterocycles. The molecule has 0 radical (unpaired) electrons. The van der Waals surface area contributed by atoms with Gasteiger partial charge in [-0.2, -0.15) is 0 Å². The molecule has 0 aliphatic carbocycles. The zero-order valence-corrected chi connectivity index (χ0v) is 18.0. The Bertz CT molecular complexity index is 804. The minimum atomic E-state index is -0.509. The Hall–Kier alpha value is -2.53. The molecule has 0 bridgehead atoms. The summed E-state index contributed by atoms with van der Waals surface area (Å²) in [5.41, 5.74) is 3.90. The molecule has 1 amide bonds. The number of para-hydroxylation sites is 1. The molecule has 0 unspecified atom stereocenters. The van der Waals surface area contributed by atoms with Crippen LogP contribution in [0.15, 0.2) is 48.5 Å². The zero-order chi connectivity index (χ0) is 20.9. The quantitative estimate of drug-likeness (QED) is 0.710. The number of carbonyl (C=O) groups is 1. The molecule has 0 atom stereocenters. The van der Waals surface area contributed by atoms with Gasteiger partial charge in [-0.1, -0.05) is 35.9 Å². The van der Waals surface area contributed by atoms with E-state index in [0.29, 0.717) is 6.04 Å². The molecule has 1 fully saturated rings. The van der Waals surface area contributed by atoms with Gasteiger partial charge in [0.2, 0.25) is 0 Å². The molecule has 3 rings (SSSR count). The summed E-state index contributed by atoms with van der Waals surface area (Å²) in [6.07, 6.45) is 1.80. The molecule has 2 aromatic rings. The predicted molar refractivity (Wildman–Crippen MR) is 119 cm³/mol. The maximum absolute atomic E-state index is 12.2. The number of nitrogens with one attached hydrogen (secondary N) is 2. The summed E-state index contributed by atoms with van der Waals surface area (Å²) in [4.78, 5) is 14.6. The van der Waals surface area contributed by atoms with Crippen molar-refractivity contribution < 1.29 is 9.53 Å². The SMILES string of the molecule is Cc1ccc(NC2CCN(Cc3ccccc3NC(=O)OC(C)(C)C)CC2)cc1. The molecule has 1 saturated heterocycles. The molecular formula is C24H33N3O2. The Morgan fingerprint density at radius 2 is 1.72 bits per heavy atom. The Kier molecular flexibility index (Phi) is 6.80. The average Bonchev–Trinajstić information content (AvgIpc) is 2.65. The molecule has 1 aliphatic rings. The summed E-state index contributed by atoms with van der Waals surface area (Å²) in [5.74, 6) is 0. The number of likely N-dealkylation sites (tertiary alicyclic amines) is 1. The van der Waals surface area contributed by atoms with Crippen molar-refractivity contribution in [3.8, 4) is 0 Å². The summed E-state index contributed by atoms with van der Waals surface area (Å²) < 4.78 is 5.39. The molecule has 29 heavy (non-hydrogen) atoms. The third-order valence-corrected chi connectivity index (χ3v) is 5.06. The number of carbonyl (C=O) groups excluding carboxylic acids is 1. The molecule has 5 nitrogen and oxygen atoms in total. The second-order valence-electron chi connectivity index (χ2n) is 8.84. The number of benzene rings is 2. The first-order valence-electron chi connectivity index (χ1n) is 10.4. The maximum atomic E-state index is 12.2. The lowest BCUT2D eigenvalue weighted by Crippen LogP contribution is -2.38. The largest absolute Gasteiger partial charge is 0.444 e. The number of hydrogen-bond acceptors (Lipinski definition) is 4. The van der Waals surface area contributed by atoms with Gasteiger partial charge < -0.3 is 10.1 Å². The van der Waals surface area contributed by atoms with Crippen molar-refractivity contribution in [3.63, 3.8) is 0 Å². The fourth-order valence-corrected chi connectivity index (χ4v) is 3.56. The first kappa shape index (κ1) is 21.2. The van der Waals surface area contributed by atoms with Crippen molar-refractivity contribution >= 4 is 17.5 Å². The molecule has 2 aromatic carbocycles. The topological polar surface area (TPSA) is 53.6 Å². The average molecular weight is 396 g/mol. The van der Waals surface area contributed by atoms with Crippen LogP contribution < -0.4 is 10.6 Å². The van der Waals surface area contributed by atoms with Crippen LogP contribution in [-0.2, 0) is 11.3 Å². The van der Waals surface area contributed by atoms with Crippen LogP contribution in [0.5, 0.6) is 0 Å². The van der Waals surface area contributed by atoms with Crippen LogP contribution in [0, 0.1) is 6.92 Å². The first-order chi connectivity index (χ1) is 13.8. The van der Waals surface area contributed by atoms with Gasteiger partial charge in [-0.25, -0.2) is 4.79 Å². The van der Waals surface area contributed by atoms with Crippen LogP contribution in [0.25, 0.3) is 0 Å². The number of ether oxygens (including phenoxy) is 1. The van der Waals surface area contributed by atoms with Crippen LogP contribution >= 0.6 is 0 Å². The van der Waals surface area contributed by atoms with Crippen LogP contribution in [0.2, 0.25) is 0 Å². The standard InChI is InChI=1S/C24H33N3O2/c1-18-9-11-20(12-10-18)25-21-13-15-27(16-14-21)17-19-7-5-6-8-22(19)26-23(28)29-24(2,3)4/h5-12,21,25H,13-17H2,1-4H3,(H,26,28). The number of aryl methyl sites for hydroxylation is 1. The van der Waals surface area contributed by atoms with Gasteiger partial charge in [0.05, 0.1) is 0 Å². The first-order valence-corrected chi connectivity index (χ1v) is 10.4. The van der Waals surface area contributed by atoms with E-state index in [1.54, 1.807) is 0 Å². The Balaban J connectivity index is 1.52. The number of piperidine rings is 1. The highest BCUT2D eigenvalue weighted by molar-refractivity contribution is 5.85. The predicted octanol–water partition coefficient (Wildman–Crippen LogP) is 5.42. The number of nitrogens with zero attached hydrogens (tertiary/aromatic N) is 1. The minimum Gasteiger partial charge on any atom is -0.444 e. The monoisotopic (exact) mass is 395 g/mol. The van der Waals surface area contributed by atoms with E-state index in [-0.39, 0.29) is 0 Å². The number of rotatable bonds is 5. The highest BCUT2D eigenvalue weighted by atomic mass is 16.6. The Morgan fingerprint density at radius 1 is 1.07 bits per heavy atom. The maximum Gasteiger partial charge on any atom is 0.412 e. The van der Waals surface area contributed by atoms with Crippen molar-refractivity contribution in [2.75, 3.05) is 23.7 Å². The molecule has 1 aliphatic heterocycles. The van der Waals surface area contributed by atoms with Crippen molar-refractivity contribution in [1.82, 2.24) is 4.90 Å². The third kappa shape index (κ3) is 6.79. The third-order valence-electron chi connectivity index (χ3n) is 5.06. The van der Waals surface area contributed by atoms with Gasteiger partial charge in [0, 0.05) is 37.1 Å². The summed E-state index contributed by atoms with van der Waals surface area (Å²) in [5, 5.41) is 6.55.